The molecule has 0 spiro atoms. The van der Waals surface area contributed by atoms with Gasteiger partial charge in [0, 0.05) is 31.9 Å². The van der Waals surface area contributed by atoms with Gasteiger partial charge >= 0.3 is 0 Å². The van der Waals surface area contributed by atoms with E-state index in [1.54, 1.807) is 7.11 Å². The Kier molecular flexibility index (Phi) is 4.83. The summed E-state index contributed by atoms with van der Waals surface area (Å²) in [5.74, 6) is 0.836. The molecular weight excluding hydrogens is 236 g/mol. The van der Waals surface area contributed by atoms with E-state index < -0.39 is 0 Å². The molecule has 2 rings (SSSR count). The number of hydrogen-bond donors (Lipinski definition) is 1. The molecule has 0 radical (unpaired) electrons. The lowest BCUT2D eigenvalue weighted by Gasteiger charge is -2.33. The zero-order valence-corrected chi connectivity index (χ0v) is 12.4. The van der Waals surface area contributed by atoms with Crippen LogP contribution in [0.5, 0.6) is 0 Å². The monoisotopic (exact) mass is 262 g/mol. The molecule has 1 aromatic carbocycles. The maximum atomic E-state index is 5.90. The quantitative estimate of drug-likeness (QED) is 0.821. The van der Waals surface area contributed by atoms with Crippen LogP contribution in [-0.4, -0.2) is 26.3 Å². The molecule has 1 saturated carbocycles. The van der Waals surface area contributed by atoms with Gasteiger partial charge in [0.1, 0.15) is 0 Å². The van der Waals surface area contributed by atoms with Crippen LogP contribution in [0.3, 0.4) is 0 Å². The van der Waals surface area contributed by atoms with Gasteiger partial charge in [-0.1, -0.05) is 12.1 Å². The highest BCUT2D eigenvalue weighted by Gasteiger charge is 2.32. The van der Waals surface area contributed by atoms with E-state index in [1.165, 1.54) is 29.7 Å². The molecule has 1 aliphatic rings. The number of anilines is 1. The van der Waals surface area contributed by atoms with Crippen LogP contribution in [-0.2, 0) is 11.3 Å². The van der Waals surface area contributed by atoms with Crippen LogP contribution in [0.1, 0.15) is 30.9 Å². The molecule has 0 amide bonds. The first kappa shape index (κ1) is 14.4. The van der Waals surface area contributed by atoms with E-state index in [0.29, 0.717) is 12.6 Å². The minimum absolute atomic E-state index is 0.572. The summed E-state index contributed by atoms with van der Waals surface area (Å²) >= 11 is 0. The van der Waals surface area contributed by atoms with E-state index in [9.17, 15) is 0 Å². The zero-order valence-electron chi connectivity index (χ0n) is 12.4. The average Bonchev–Trinajstić information content (AvgIpc) is 3.23. The molecule has 0 heterocycles. The van der Waals surface area contributed by atoms with Crippen molar-refractivity contribution < 1.29 is 4.74 Å². The Morgan fingerprint density at radius 2 is 2.16 bits per heavy atom. The summed E-state index contributed by atoms with van der Waals surface area (Å²) in [6.07, 6.45) is 2.71. The molecule has 19 heavy (non-hydrogen) atoms. The molecule has 0 bridgehead atoms. The fourth-order valence-electron chi connectivity index (χ4n) is 2.68. The van der Waals surface area contributed by atoms with Crippen molar-refractivity contribution in [3.05, 3.63) is 29.3 Å². The molecule has 0 saturated heterocycles. The average molecular weight is 262 g/mol. The second kappa shape index (κ2) is 6.40. The van der Waals surface area contributed by atoms with Gasteiger partial charge in [0.05, 0.1) is 6.61 Å². The molecule has 1 fully saturated rings. The Balaban J connectivity index is 2.27. The number of nitrogens with zero attached hydrogens (tertiary/aromatic N) is 1. The molecule has 3 heteroatoms. The van der Waals surface area contributed by atoms with Crippen LogP contribution < -0.4 is 10.6 Å². The molecule has 0 aromatic heterocycles. The van der Waals surface area contributed by atoms with Crippen LogP contribution in [0, 0.1) is 12.8 Å². The Bertz CT molecular complexity index is 415. The minimum Gasteiger partial charge on any atom is -0.383 e. The fraction of sp³-hybridized carbons (Fsp3) is 0.625. The SMILES string of the molecule is COCCN(c1cc(C)ccc1CN)C(C)C1CC1. The predicted octanol–water partition coefficient (Wildman–Crippen LogP) is 2.71. The molecule has 0 aliphatic heterocycles. The Hall–Kier alpha value is -1.06. The molecule has 1 atom stereocenters. The van der Waals surface area contributed by atoms with Gasteiger partial charge in [-0.2, -0.15) is 0 Å². The lowest BCUT2D eigenvalue weighted by molar-refractivity contribution is 0.202. The van der Waals surface area contributed by atoms with Crippen LogP contribution >= 0.6 is 0 Å². The topological polar surface area (TPSA) is 38.5 Å². The maximum absolute atomic E-state index is 5.90. The van der Waals surface area contributed by atoms with Gasteiger partial charge in [-0.3, -0.25) is 0 Å². The van der Waals surface area contributed by atoms with Crippen LogP contribution in [0.15, 0.2) is 18.2 Å². The molecule has 106 valence electrons. The largest absolute Gasteiger partial charge is 0.383 e. The molecule has 3 nitrogen and oxygen atoms in total. The Labute approximate surface area is 116 Å². The molecular formula is C16H26N2O. The van der Waals surface area contributed by atoms with E-state index >= 15 is 0 Å². The van der Waals surface area contributed by atoms with Crippen molar-refractivity contribution in [2.75, 3.05) is 25.2 Å². The zero-order chi connectivity index (χ0) is 13.8. The van der Waals surface area contributed by atoms with Gasteiger partial charge in [-0.05, 0) is 49.8 Å². The van der Waals surface area contributed by atoms with Crippen LogP contribution in [0.2, 0.25) is 0 Å². The first-order valence-corrected chi connectivity index (χ1v) is 7.22. The molecule has 1 aliphatic carbocycles. The van der Waals surface area contributed by atoms with E-state index in [4.69, 9.17) is 10.5 Å². The third kappa shape index (κ3) is 3.48. The second-order valence-electron chi connectivity index (χ2n) is 5.60. The summed E-state index contributed by atoms with van der Waals surface area (Å²) in [7, 11) is 1.76. The molecule has 1 aromatic rings. The number of methoxy groups -OCH3 is 1. The number of aryl methyl sites for hydroxylation is 1. The van der Waals surface area contributed by atoms with Crippen molar-refractivity contribution in [2.24, 2.45) is 11.7 Å². The summed E-state index contributed by atoms with van der Waals surface area (Å²) in [6.45, 7) is 6.76. The van der Waals surface area contributed by atoms with Crippen molar-refractivity contribution in [3.8, 4) is 0 Å². The lowest BCUT2D eigenvalue weighted by Crippen LogP contribution is -2.38. The van der Waals surface area contributed by atoms with E-state index in [1.807, 2.05) is 0 Å². The van der Waals surface area contributed by atoms with Gasteiger partial charge in [0.15, 0.2) is 0 Å². The lowest BCUT2D eigenvalue weighted by atomic mass is 10.1. The Morgan fingerprint density at radius 1 is 1.42 bits per heavy atom. The van der Waals surface area contributed by atoms with Crippen molar-refractivity contribution >= 4 is 5.69 Å². The van der Waals surface area contributed by atoms with Crippen LogP contribution in [0.4, 0.5) is 5.69 Å². The molecule has 2 N–H and O–H groups in total. The van der Waals surface area contributed by atoms with Gasteiger partial charge in [0.2, 0.25) is 0 Å². The summed E-state index contributed by atoms with van der Waals surface area (Å²) in [6, 6.07) is 7.13. The van der Waals surface area contributed by atoms with E-state index in [2.05, 4.69) is 36.9 Å². The van der Waals surface area contributed by atoms with Gasteiger partial charge in [-0.15, -0.1) is 0 Å². The highest BCUT2D eigenvalue weighted by Crippen LogP contribution is 2.37. The minimum atomic E-state index is 0.572. The van der Waals surface area contributed by atoms with Crippen molar-refractivity contribution in [1.82, 2.24) is 0 Å². The number of hydrogen-bond acceptors (Lipinski definition) is 3. The summed E-state index contributed by atoms with van der Waals surface area (Å²) in [5, 5.41) is 0. The van der Waals surface area contributed by atoms with Gasteiger partial charge in [-0.25, -0.2) is 0 Å². The van der Waals surface area contributed by atoms with Crippen molar-refractivity contribution in [1.29, 1.82) is 0 Å². The number of nitrogens with two attached hydrogens (primary N) is 1. The number of ether oxygens (including phenoxy) is 1. The fourth-order valence-corrected chi connectivity index (χ4v) is 2.68. The third-order valence-corrected chi connectivity index (χ3v) is 4.10. The summed E-state index contributed by atoms with van der Waals surface area (Å²) in [5.41, 5.74) is 9.71. The van der Waals surface area contributed by atoms with Gasteiger partial charge < -0.3 is 15.4 Å². The first-order chi connectivity index (χ1) is 9.17. The summed E-state index contributed by atoms with van der Waals surface area (Å²) in [4.78, 5) is 2.48. The first-order valence-electron chi connectivity index (χ1n) is 7.22. The van der Waals surface area contributed by atoms with E-state index in [-0.39, 0.29) is 0 Å². The highest BCUT2D eigenvalue weighted by atomic mass is 16.5. The normalized spacial score (nSPS) is 16.4. The number of rotatable bonds is 7. The van der Waals surface area contributed by atoms with Crippen molar-refractivity contribution in [2.45, 2.75) is 39.3 Å². The van der Waals surface area contributed by atoms with Crippen LogP contribution in [0.25, 0.3) is 0 Å². The highest BCUT2D eigenvalue weighted by molar-refractivity contribution is 5.56. The predicted molar refractivity (Wildman–Crippen MR) is 80.5 cm³/mol. The van der Waals surface area contributed by atoms with E-state index in [0.717, 1.165) is 19.1 Å². The maximum Gasteiger partial charge on any atom is 0.0637 e. The Morgan fingerprint density at radius 3 is 2.74 bits per heavy atom. The second-order valence-corrected chi connectivity index (χ2v) is 5.60. The third-order valence-electron chi connectivity index (χ3n) is 4.10. The smallest absolute Gasteiger partial charge is 0.0637 e. The standard InChI is InChI=1S/C16H26N2O/c1-12-4-5-15(11-17)16(10-12)18(8-9-19-3)13(2)14-6-7-14/h4-5,10,13-14H,6-9,11,17H2,1-3H3. The molecule has 1 unspecified atom stereocenters. The number of benzene rings is 1. The van der Waals surface area contributed by atoms with Gasteiger partial charge in [0.25, 0.3) is 0 Å². The van der Waals surface area contributed by atoms with Crippen molar-refractivity contribution in [3.63, 3.8) is 0 Å². The summed E-state index contributed by atoms with van der Waals surface area (Å²) < 4.78 is 5.27.